The lowest BCUT2D eigenvalue weighted by Gasteiger charge is -2.24. The summed E-state index contributed by atoms with van der Waals surface area (Å²) < 4.78 is 0. The van der Waals surface area contributed by atoms with Crippen molar-refractivity contribution in [3.63, 3.8) is 0 Å². The van der Waals surface area contributed by atoms with E-state index in [0.717, 1.165) is 26.7 Å². The smallest absolute Gasteiger partial charge is 0.233 e. The predicted octanol–water partition coefficient (Wildman–Crippen LogP) is 4.39. The Kier molecular flexibility index (Phi) is 3.65. The zero-order chi connectivity index (χ0) is 16.7. The molecule has 1 saturated heterocycles. The van der Waals surface area contributed by atoms with Crippen LogP contribution in [-0.4, -0.2) is 16.6 Å². The van der Waals surface area contributed by atoms with E-state index in [-0.39, 0.29) is 18.4 Å². The highest BCUT2D eigenvalue weighted by Gasteiger charge is 2.37. The summed E-state index contributed by atoms with van der Waals surface area (Å²) in [4.78, 5) is 15.3. The van der Waals surface area contributed by atoms with Gasteiger partial charge in [-0.15, -0.1) is 0 Å². The van der Waals surface area contributed by atoms with E-state index >= 15 is 0 Å². The Labute approximate surface area is 145 Å². The first-order valence-electron chi connectivity index (χ1n) is 7.88. The number of rotatable bonds is 2. The van der Waals surface area contributed by atoms with Gasteiger partial charge in [-0.05, 0) is 24.6 Å². The number of likely N-dealkylation sites (tertiary alicyclic amines) is 1. The van der Waals surface area contributed by atoms with Gasteiger partial charge in [0.15, 0.2) is 0 Å². The number of nitrogens with one attached hydrogen (secondary N) is 2. The Bertz CT molecular complexity index is 833. The molecule has 1 atom stereocenters. The number of para-hydroxylation sites is 1. The van der Waals surface area contributed by atoms with Crippen molar-refractivity contribution >= 4 is 29.2 Å². The maximum Gasteiger partial charge on any atom is 0.233 e. The molecule has 2 aromatic rings. The quantitative estimate of drug-likeness (QED) is 0.856. The molecule has 4 rings (SSSR count). The number of anilines is 1. The van der Waals surface area contributed by atoms with Crippen LogP contribution >= 0.6 is 11.8 Å². The minimum absolute atomic E-state index is 0.0165. The van der Waals surface area contributed by atoms with E-state index < -0.39 is 0 Å². The van der Waals surface area contributed by atoms with Crippen LogP contribution in [0.25, 0.3) is 0 Å². The zero-order valence-electron chi connectivity index (χ0n) is 13.2. The molecule has 24 heavy (non-hydrogen) atoms. The molecular formula is C19H17N3OS. The summed E-state index contributed by atoms with van der Waals surface area (Å²) in [5, 5.41) is 12.8. The number of hydrogen-bond donors (Lipinski definition) is 2. The summed E-state index contributed by atoms with van der Waals surface area (Å²) in [6, 6.07) is 17.8. The lowest BCUT2D eigenvalue weighted by Crippen LogP contribution is -2.32. The molecule has 2 N–H and O–H groups in total. The monoisotopic (exact) mass is 335 g/mol. The summed E-state index contributed by atoms with van der Waals surface area (Å²) in [7, 11) is 0. The number of fused-ring (bicyclic) bond motifs is 1. The molecule has 0 radical (unpaired) electrons. The molecule has 5 heteroatoms. The molecule has 1 fully saturated rings. The lowest BCUT2D eigenvalue weighted by atomic mass is 10.1. The van der Waals surface area contributed by atoms with E-state index in [0.29, 0.717) is 5.84 Å². The second kappa shape index (κ2) is 5.83. The summed E-state index contributed by atoms with van der Waals surface area (Å²) in [5.74, 6) is 0.288. The van der Waals surface area contributed by atoms with Gasteiger partial charge in [0.1, 0.15) is 5.84 Å². The molecule has 2 heterocycles. The van der Waals surface area contributed by atoms with Crippen LogP contribution in [0, 0.1) is 5.41 Å². The van der Waals surface area contributed by atoms with Gasteiger partial charge < -0.3 is 5.32 Å². The van der Waals surface area contributed by atoms with Crippen LogP contribution in [0.1, 0.15) is 24.9 Å². The predicted molar refractivity (Wildman–Crippen MR) is 97.0 cm³/mol. The number of amidine groups is 1. The number of hydrogen-bond acceptors (Lipinski definition) is 4. The second-order valence-corrected chi connectivity index (χ2v) is 6.96. The summed E-state index contributed by atoms with van der Waals surface area (Å²) in [6.07, 6.45) is 0.277. The highest BCUT2D eigenvalue weighted by atomic mass is 32.2. The molecule has 0 spiro atoms. The van der Waals surface area contributed by atoms with Crippen LogP contribution < -0.4 is 5.32 Å². The van der Waals surface area contributed by atoms with Crippen LogP contribution in [0.3, 0.4) is 0 Å². The molecule has 2 aliphatic heterocycles. The SMILES string of the molecule is C[C@H](c1ccccc1)N1C(=N)/C(=C2/Nc3ccccc3S2)CC1=O. The van der Waals surface area contributed by atoms with Crippen molar-refractivity contribution < 1.29 is 4.79 Å². The van der Waals surface area contributed by atoms with Crippen LogP contribution in [0.2, 0.25) is 0 Å². The van der Waals surface area contributed by atoms with Crippen molar-refractivity contribution in [2.75, 3.05) is 5.32 Å². The molecule has 0 aromatic heterocycles. The Morgan fingerprint density at radius 1 is 1.12 bits per heavy atom. The summed E-state index contributed by atoms with van der Waals surface area (Å²) in [6.45, 7) is 1.97. The summed E-state index contributed by atoms with van der Waals surface area (Å²) >= 11 is 1.60. The molecule has 0 unspecified atom stereocenters. The van der Waals surface area contributed by atoms with Gasteiger partial charge in [-0.3, -0.25) is 15.1 Å². The Morgan fingerprint density at radius 2 is 1.83 bits per heavy atom. The number of carbonyl (C=O) groups is 1. The van der Waals surface area contributed by atoms with Gasteiger partial charge >= 0.3 is 0 Å². The highest BCUT2D eigenvalue weighted by molar-refractivity contribution is 8.03. The van der Waals surface area contributed by atoms with Gasteiger partial charge in [-0.1, -0.05) is 54.2 Å². The number of carbonyl (C=O) groups excluding carboxylic acids is 1. The van der Waals surface area contributed by atoms with Crippen molar-refractivity contribution in [2.24, 2.45) is 0 Å². The molecule has 2 aromatic carbocycles. The van der Waals surface area contributed by atoms with Crippen molar-refractivity contribution in [3.8, 4) is 0 Å². The maximum absolute atomic E-state index is 12.6. The van der Waals surface area contributed by atoms with E-state index in [1.54, 1.807) is 16.7 Å². The molecule has 4 nitrogen and oxygen atoms in total. The minimum atomic E-state index is -0.141. The fourth-order valence-electron chi connectivity index (χ4n) is 3.12. The number of amides is 1. The largest absolute Gasteiger partial charge is 0.349 e. The first kappa shape index (κ1) is 15.0. The van der Waals surface area contributed by atoms with Gasteiger partial charge in [-0.25, -0.2) is 0 Å². The van der Waals surface area contributed by atoms with E-state index in [4.69, 9.17) is 5.41 Å². The minimum Gasteiger partial charge on any atom is -0.349 e. The average molecular weight is 335 g/mol. The van der Waals surface area contributed by atoms with Crippen molar-refractivity contribution in [1.29, 1.82) is 5.41 Å². The lowest BCUT2D eigenvalue weighted by molar-refractivity contribution is -0.126. The van der Waals surface area contributed by atoms with Gasteiger partial charge in [0.25, 0.3) is 0 Å². The van der Waals surface area contributed by atoms with E-state index in [1.807, 2.05) is 61.5 Å². The van der Waals surface area contributed by atoms with E-state index in [2.05, 4.69) is 5.32 Å². The van der Waals surface area contributed by atoms with Crippen LogP contribution in [-0.2, 0) is 4.79 Å². The first-order chi connectivity index (χ1) is 11.6. The third kappa shape index (κ3) is 2.41. The molecular weight excluding hydrogens is 318 g/mol. The normalized spacial score (nSPS) is 21.0. The fraction of sp³-hybridized carbons (Fsp3) is 0.158. The molecule has 120 valence electrons. The topological polar surface area (TPSA) is 56.2 Å². The zero-order valence-corrected chi connectivity index (χ0v) is 14.1. The molecule has 0 bridgehead atoms. The first-order valence-corrected chi connectivity index (χ1v) is 8.70. The fourth-order valence-corrected chi connectivity index (χ4v) is 4.17. The second-order valence-electron chi connectivity index (χ2n) is 5.91. The summed E-state index contributed by atoms with van der Waals surface area (Å²) in [5.41, 5.74) is 2.86. The van der Waals surface area contributed by atoms with Gasteiger partial charge in [0.05, 0.1) is 23.2 Å². The van der Waals surface area contributed by atoms with Crippen molar-refractivity contribution in [3.05, 3.63) is 70.8 Å². The van der Waals surface area contributed by atoms with Crippen molar-refractivity contribution in [1.82, 2.24) is 4.90 Å². The highest BCUT2D eigenvalue weighted by Crippen LogP contribution is 2.44. The Morgan fingerprint density at radius 3 is 2.58 bits per heavy atom. The third-order valence-electron chi connectivity index (χ3n) is 4.41. The van der Waals surface area contributed by atoms with Crippen LogP contribution in [0.4, 0.5) is 5.69 Å². The Hall–Kier alpha value is -2.53. The average Bonchev–Trinajstić information content (AvgIpc) is 3.15. The number of nitrogens with zero attached hydrogens (tertiary/aromatic N) is 1. The molecule has 0 aliphatic carbocycles. The standard InChI is InChI=1S/C19H17N3OS/c1-12(13-7-3-2-4-8-13)22-17(23)11-14(18(22)20)19-21-15-9-5-6-10-16(15)24-19/h2-10,12,20-21H,11H2,1H3/b19-14-,20-18?/t12-/m1/s1. The van der Waals surface area contributed by atoms with Gasteiger partial charge in [0, 0.05) is 10.5 Å². The number of thioether (sulfide) groups is 1. The van der Waals surface area contributed by atoms with Crippen molar-refractivity contribution in [2.45, 2.75) is 24.3 Å². The Balaban J connectivity index is 1.64. The van der Waals surface area contributed by atoms with Crippen LogP contribution in [0.5, 0.6) is 0 Å². The van der Waals surface area contributed by atoms with E-state index in [9.17, 15) is 4.79 Å². The molecule has 0 saturated carbocycles. The van der Waals surface area contributed by atoms with Gasteiger partial charge in [-0.2, -0.15) is 0 Å². The molecule has 1 amide bonds. The third-order valence-corrected chi connectivity index (χ3v) is 5.54. The molecule has 2 aliphatic rings. The maximum atomic E-state index is 12.6. The van der Waals surface area contributed by atoms with E-state index in [1.165, 1.54) is 0 Å². The number of benzene rings is 2. The van der Waals surface area contributed by atoms with Crippen LogP contribution in [0.15, 0.2) is 70.1 Å². The van der Waals surface area contributed by atoms with Gasteiger partial charge in [0.2, 0.25) is 5.91 Å².